The number of carbonyl (C=O) groups excluding carboxylic acids is 1. The van der Waals surface area contributed by atoms with Crippen molar-refractivity contribution in [2.75, 3.05) is 13.2 Å². The molecule has 2 aromatic rings. The molecule has 0 aromatic heterocycles. The van der Waals surface area contributed by atoms with E-state index in [1.165, 1.54) is 18.1 Å². The Balaban J connectivity index is 1.97. The van der Waals surface area contributed by atoms with E-state index >= 15 is 0 Å². The molecule has 0 aliphatic rings. The molecular weight excluding hydrogens is 302 g/mol. The summed E-state index contributed by atoms with van der Waals surface area (Å²) >= 11 is 0. The number of hydrogen-bond donors (Lipinski definition) is 3. The van der Waals surface area contributed by atoms with E-state index in [1.54, 1.807) is 0 Å². The fourth-order valence-corrected chi connectivity index (χ4v) is 2.76. The summed E-state index contributed by atoms with van der Waals surface area (Å²) in [6, 6.07) is 18.6. The highest BCUT2D eigenvalue weighted by molar-refractivity contribution is 5.73. The van der Waals surface area contributed by atoms with Crippen LogP contribution in [0.15, 0.2) is 54.6 Å². The van der Waals surface area contributed by atoms with Crippen molar-refractivity contribution in [3.05, 3.63) is 71.3 Å². The smallest absolute Gasteiger partial charge is 0.217 e. The average Bonchev–Trinajstić information content (AvgIpc) is 2.60. The van der Waals surface area contributed by atoms with Gasteiger partial charge in [-0.05, 0) is 36.0 Å². The lowest BCUT2D eigenvalue weighted by molar-refractivity contribution is -0.122. The predicted molar refractivity (Wildman–Crippen MR) is 94.7 cm³/mol. The van der Waals surface area contributed by atoms with Crippen molar-refractivity contribution in [1.29, 1.82) is 0 Å². The minimum Gasteiger partial charge on any atom is -0.394 e. The molecule has 0 fully saturated rings. The van der Waals surface area contributed by atoms with Crippen LogP contribution in [-0.4, -0.2) is 34.9 Å². The minimum absolute atomic E-state index is 0.253. The van der Waals surface area contributed by atoms with Crippen molar-refractivity contribution < 1.29 is 15.0 Å². The number of aryl methyl sites for hydroxylation is 1. The maximum Gasteiger partial charge on any atom is 0.217 e. The molecular formula is C20H25NO3. The maximum absolute atomic E-state index is 11.3. The molecule has 2 rings (SSSR count). The van der Waals surface area contributed by atoms with Crippen LogP contribution in [0.5, 0.6) is 0 Å². The third kappa shape index (κ3) is 5.18. The van der Waals surface area contributed by atoms with Crippen molar-refractivity contribution in [3.63, 3.8) is 0 Å². The summed E-state index contributed by atoms with van der Waals surface area (Å²) in [6.45, 7) is 0.822. The highest BCUT2D eigenvalue weighted by atomic mass is 16.3. The van der Waals surface area contributed by atoms with Crippen molar-refractivity contribution in [2.45, 2.75) is 31.7 Å². The second-order valence-electron chi connectivity index (χ2n) is 6.26. The van der Waals surface area contributed by atoms with Gasteiger partial charge in [0.15, 0.2) is 0 Å². The summed E-state index contributed by atoms with van der Waals surface area (Å²) < 4.78 is 0. The Morgan fingerprint density at radius 3 is 2.00 bits per heavy atom. The zero-order chi connectivity index (χ0) is 17.4. The Hall–Kier alpha value is -2.17. The Morgan fingerprint density at radius 1 is 0.917 bits per heavy atom. The van der Waals surface area contributed by atoms with Crippen LogP contribution in [0, 0.1) is 0 Å². The molecule has 0 aliphatic carbocycles. The van der Waals surface area contributed by atoms with Gasteiger partial charge in [-0.2, -0.15) is 0 Å². The molecule has 3 N–H and O–H groups in total. The lowest BCUT2D eigenvalue weighted by atomic mass is 9.92. The molecule has 24 heavy (non-hydrogen) atoms. The maximum atomic E-state index is 11.3. The van der Waals surface area contributed by atoms with E-state index in [-0.39, 0.29) is 19.1 Å². The summed E-state index contributed by atoms with van der Waals surface area (Å²) in [5.74, 6) is -0.253. The van der Waals surface area contributed by atoms with Gasteiger partial charge in [-0.15, -0.1) is 0 Å². The van der Waals surface area contributed by atoms with Crippen molar-refractivity contribution in [3.8, 4) is 0 Å². The molecule has 0 heterocycles. The highest BCUT2D eigenvalue weighted by Crippen LogP contribution is 2.16. The first kappa shape index (κ1) is 18.2. The Kier molecular flexibility index (Phi) is 6.53. The lowest BCUT2D eigenvalue weighted by Crippen LogP contribution is -2.53. The second-order valence-corrected chi connectivity index (χ2v) is 6.26. The molecule has 1 amide bonds. The summed E-state index contributed by atoms with van der Waals surface area (Å²) in [7, 11) is 0. The number of aliphatic hydroxyl groups is 2. The van der Waals surface area contributed by atoms with E-state index in [0.29, 0.717) is 12.8 Å². The third-order valence-electron chi connectivity index (χ3n) is 4.21. The average molecular weight is 327 g/mol. The number of aliphatic hydroxyl groups excluding tert-OH is 2. The van der Waals surface area contributed by atoms with E-state index < -0.39 is 5.54 Å². The van der Waals surface area contributed by atoms with E-state index in [2.05, 4.69) is 41.7 Å². The molecule has 0 saturated carbocycles. The zero-order valence-electron chi connectivity index (χ0n) is 14.0. The number of nitrogens with one attached hydrogen (secondary N) is 1. The third-order valence-corrected chi connectivity index (χ3v) is 4.21. The quantitative estimate of drug-likeness (QED) is 0.695. The molecule has 0 atom stereocenters. The predicted octanol–water partition coefficient (Wildman–Crippen LogP) is 2.07. The number of benzene rings is 2. The van der Waals surface area contributed by atoms with Gasteiger partial charge in [-0.25, -0.2) is 0 Å². The number of amides is 1. The van der Waals surface area contributed by atoms with Crippen LogP contribution >= 0.6 is 0 Å². The van der Waals surface area contributed by atoms with Crippen LogP contribution in [0.25, 0.3) is 0 Å². The van der Waals surface area contributed by atoms with Gasteiger partial charge >= 0.3 is 0 Å². The van der Waals surface area contributed by atoms with E-state index in [0.717, 1.165) is 12.0 Å². The van der Waals surface area contributed by atoms with Gasteiger partial charge < -0.3 is 15.5 Å². The van der Waals surface area contributed by atoms with Gasteiger partial charge in [0, 0.05) is 6.92 Å². The van der Waals surface area contributed by atoms with Crippen LogP contribution in [0.3, 0.4) is 0 Å². The Bertz CT molecular complexity index is 634. The normalized spacial score (nSPS) is 11.3. The molecule has 0 saturated heterocycles. The second kappa shape index (κ2) is 8.62. The minimum atomic E-state index is -0.964. The molecule has 0 spiro atoms. The van der Waals surface area contributed by atoms with Crippen molar-refractivity contribution in [1.82, 2.24) is 5.32 Å². The molecule has 4 heteroatoms. The van der Waals surface area contributed by atoms with Crippen LogP contribution < -0.4 is 5.32 Å². The van der Waals surface area contributed by atoms with Crippen LogP contribution in [0.1, 0.15) is 30.0 Å². The van der Waals surface area contributed by atoms with Gasteiger partial charge in [-0.1, -0.05) is 54.6 Å². The summed E-state index contributed by atoms with van der Waals surface area (Å²) in [5, 5.41) is 21.7. The Labute approximate surface area is 143 Å². The van der Waals surface area contributed by atoms with Gasteiger partial charge in [0.2, 0.25) is 5.91 Å². The molecule has 0 unspecified atom stereocenters. The molecule has 128 valence electrons. The van der Waals surface area contributed by atoms with Crippen molar-refractivity contribution in [2.24, 2.45) is 0 Å². The standard InChI is InChI=1S/C20H25NO3/c1-16(24)21-20(14-22,15-23)12-11-17-7-9-19(10-8-17)13-18-5-3-2-4-6-18/h2-10,22-23H,11-15H2,1H3,(H,21,24). The summed E-state index contributed by atoms with van der Waals surface area (Å²) in [6.07, 6.45) is 2.05. The number of carbonyl (C=O) groups is 1. The van der Waals surface area contributed by atoms with E-state index in [4.69, 9.17) is 0 Å². The summed E-state index contributed by atoms with van der Waals surface area (Å²) in [4.78, 5) is 11.3. The fourth-order valence-electron chi connectivity index (χ4n) is 2.76. The first-order chi connectivity index (χ1) is 11.6. The van der Waals surface area contributed by atoms with E-state index in [1.807, 2.05) is 18.2 Å². The molecule has 0 aliphatic heterocycles. The number of hydrogen-bond acceptors (Lipinski definition) is 3. The Morgan fingerprint density at radius 2 is 1.46 bits per heavy atom. The topological polar surface area (TPSA) is 69.6 Å². The first-order valence-corrected chi connectivity index (χ1v) is 8.19. The van der Waals surface area contributed by atoms with Crippen molar-refractivity contribution >= 4 is 5.91 Å². The lowest BCUT2D eigenvalue weighted by Gasteiger charge is -2.30. The highest BCUT2D eigenvalue weighted by Gasteiger charge is 2.29. The van der Waals surface area contributed by atoms with Gasteiger partial charge in [-0.3, -0.25) is 4.79 Å². The number of rotatable bonds is 8. The van der Waals surface area contributed by atoms with Crippen LogP contribution in [-0.2, 0) is 17.6 Å². The molecule has 0 radical (unpaired) electrons. The van der Waals surface area contributed by atoms with Gasteiger partial charge in [0.05, 0.1) is 18.8 Å². The SMILES string of the molecule is CC(=O)NC(CO)(CO)CCc1ccc(Cc2ccccc2)cc1. The van der Waals surface area contributed by atoms with Crippen LogP contribution in [0.4, 0.5) is 0 Å². The largest absolute Gasteiger partial charge is 0.394 e. The molecule has 0 bridgehead atoms. The zero-order valence-corrected chi connectivity index (χ0v) is 14.0. The first-order valence-electron chi connectivity index (χ1n) is 8.19. The van der Waals surface area contributed by atoms with Gasteiger partial charge in [0.1, 0.15) is 0 Å². The van der Waals surface area contributed by atoms with Crippen LogP contribution in [0.2, 0.25) is 0 Å². The summed E-state index contributed by atoms with van der Waals surface area (Å²) in [5.41, 5.74) is 2.66. The molecule has 2 aromatic carbocycles. The van der Waals surface area contributed by atoms with E-state index in [9.17, 15) is 15.0 Å². The fraction of sp³-hybridized carbons (Fsp3) is 0.350. The monoisotopic (exact) mass is 327 g/mol. The molecule has 4 nitrogen and oxygen atoms in total. The van der Waals surface area contributed by atoms with Gasteiger partial charge in [0.25, 0.3) is 0 Å².